The molecule has 1 N–H and O–H groups in total. The number of aromatic nitrogens is 2. The summed E-state index contributed by atoms with van der Waals surface area (Å²) in [6.07, 6.45) is 6.08. The van der Waals surface area contributed by atoms with Gasteiger partial charge in [-0.3, -0.25) is 4.90 Å². The minimum absolute atomic E-state index is 0.176. The number of furan rings is 1. The summed E-state index contributed by atoms with van der Waals surface area (Å²) < 4.78 is 10.5. The van der Waals surface area contributed by atoms with E-state index in [4.69, 9.17) is 8.94 Å². The molecule has 0 spiro atoms. The van der Waals surface area contributed by atoms with Crippen molar-refractivity contribution < 1.29 is 14.0 Å². The van der Waals surface area contributed by atoms with Gasteiger partial charge in [0.05, 0.1) is 18.4 Å². The lowest BCUT2D eigenvalue weighted by Gasteiger charge is -2.28. The van der Waals surface area contributed by atoms with Crippen LogP contribution in [0.25, 0.3) is 11.4 Å². The van der Waals surface area contributed by atoms with Gasteiger partial charge in [0, 0.05) is 19.2 Å². The Labute approximate surface area is 146 Å². The fraction of sp³-hybridized carbons (Fsp3) is 0.368. The first-order valence-electron chi connectivity index (χ1n) is 8.63. The van der Waals surface area contributed by atoms with Gasteiger partial charge in [0.1, 0.15) is 6.26 Å². The van der Waals surface area contributed by atoms with Gasteiger partial charge < -0.3 is 14.0 Å². The zero-order chi connectivity index (χ0) is 17.1. The SMILES string of the molecule is OCCCN(Cc1nc(-c2ccoc2)no1)C1CCc2ccccc21. The average Bonchev–Trinajstić information content (AvgIpc) is 3.38. The highest BCUT2D eigenvalue weighted by atomic mass is 16.5. The molecule has 2 heterocycles. The Balaban J connectivity index is 1.54. The molecule has 1 unspecified atom stereocenters. The van der Waals surface area contributed by atoms with Crippen LogP contribution in [-0.2, 0) is 13.0 Å². The number of aryl methyl sites for hydroxylation is 1. The zero-order valence-electron chi connectivity index (χ0n) is 14.0. The first kappa shape index (κ1) is 16.1. The van der Waals surface area contributed by atoms with Crippen LogP contribution in [0.1, 0.15) is 35.9 Å². The lowest BCUT2D eigenvalue weighted by Crippen LogP contribution is -2.29. The topological polar surface area (TPSA) is 75.5 Å². The summed E-state index contributed by atoms with van der Waals surface area (Å²) >= 11 is 0. The van der Waals surface area contributed by atoms with Crippen LogP contribution < -0.4 is 0 Å². The fourth-order valence-corrected chi connectivity index (χ4v) is 3.53. The van der Waals surface area contributed by atoms with Crippen molar-refractivity contribution in [3.8, 4) is 11.4 Å². The number of aliphatic hydroxyl groups excluding tert-OH is 1. The van der Waals surface area contributed by atoms with Crippen LogP contribution in [0, 0.1) is 0 Å². The van der Waals surface area contributed by atoms with Crippen molar-refractivity contribution in [1.29, 1.82) is 0 Å². The summed E-state index contributed by atoms with van der Waals surface area (Å²) in [5.41, 5.74) is 3.59. The Bertz CT molecular complexity index is 813. The highest BCUT2D eigenvalue weighted by molar-refractivity contribution is 5.51. The van der Waals surface area contributed by atoms with Gasteiger partial charge in [0.2, 0.25) is 11.7 Å². The molecule has 0 aliphatic heterocycles. The maximum Gasteiger partial charge on any atom is 0.241 e. The summed E-state index contributed by atoms with van der Waals surface area (Å²) in [6.45, 7) is 1.54. The second-order valence-electron chi connectivity index (χ2n) is 6.32. The molecule has 0 saturated carbocycles. The fourth-order valence-electron chi connectivity index (χ4n) is 3.53. The smallest absolute Gasteiger partial charge is 0.241 e. The van der Waals surface area contributed by atoms with Gasteiger partial charge in [-0.05, 0) is 36.5 Å². The summed E-state index contributed by atoms with van der Waals surface area (Å²) in [5, 5.41) is 13.3. The number of hydrogen-bond acceptors (Lipinski definition) is 6. The summed E-state index contributed by atoms with van der Waals surface area (Å²) in [7, 11) is 0. The zero-order valence-corrected chi connectivity index (χ0v) is 14.0. The van der Waals surface area contributed by atoms with Gasteiger partial charge in [-0.25, -0.2) is 0 Å². The molecule has 6 nitrogen and oxygen atoms in total. The monoisotopic (exact) mass is 339 g/mol. The molecule has 1 aliphatic rings. The van der Waals surface area contributed by atoms with Crippen molar-refractivity contribution in [2.24, 2.45) is 0 Å². The van der Waals surface area contributed by atoms with E-state index in [9.17, 15) is 5.11 Å². The van der Waals surface area contributed by atoms with Crippen LogP contribution in [0.2, 0.25) is 0 Å². The van der Waals surface area contributed by atoms with Gasteiger partial charge >= 0.3 is 0 Å². The number of nitrogens with zero attached hydrogens (tertiary/aromatic N) is 3. The van der Waals surface area contributed by atoms with E-state index >= 15 is 0 Å². The largest absolute Gasteiger partial charge is 0.472 e. The molecule has 0 amide bonds. The molecule has 3 aromatic rings. The van der Waals surface area contributed by atoms with E-state index in [0.717, 1.165) is 31.4 Å². The van der Waals surface area contributed by atoms with Gasteiger partial charge in [0.15, 0.2) is 0 Å². The first-order valence-corrected chi connectivity index (χ1v) is 8.63. The second kappa shape index (κ2) is 7.21. The highest BCUT2D eigenvalue weighted by Gasteiger charge is 2.28. The van der Waals surface area contributed by atoms with E-state index in [1.807, 2.05) is 6.07 Å². The third-order valence-electron chi connectivity index (χ3n) is 4.73. The normalized spacial score (nSPS) is 16.5. The van der Waals surface area contributed by atoms with Crippen LogP contribution in [0.3, 0.4) is 0 Å². The van der Waals surface area contributed by atoms with E-state index in [0.29, 0.717) is 24.3 Å². The Kier molecular flexibility index (Phi) is 4.63. The Morgan fingerprint density at radius 1 is 1.24 bits per heavy atom. The van der Waals surface area contributed by atoms with Gasteiger partial charge in [-0.2, -0.15) is 4.98 Å². The summed E-state index contributed by atoms with van der Waals surface area (Å²) in [4.78, 5) is 6.81. The standard InChI is InChI=1S/C19H21N3O3/c23-10-3-9-22(17-7-6-14-4-1-2-5-16(14)17)12-18-20-19(21-25-18)15-8-11-24-13-15/h1-2,4-5,8,11,13,17,23H,3,6-7,9-10,12H2. The van der Waals surface area contributed by atoms with Crippen molar-refractivity contribution in [3.63, 3.8) is 0 Å². The highest BCUT2D eigenvalue weighted by Crippen LogP contribution is 2.36. The van der Waals surface area contributed by atoms with Crippen molar-refractivity contribution >= 4 is 0 Å². The number of fused-ring (bicyclic) bond motifs is 1. The molecular weight excluding hydrogens is 318 g/mol. The number of hydrogen-bond donors (Lipinski definition) is 1. The Hall–Kier alpha value is -2.44. The Morgan fingerprint density at radius 3 is 3.00 bits per heavy atom. The van der Waals surface area contributed by atoms with Crippen molar-refractivity contribution in [3.05, 3.63) is 59.9 Å². The van der Waals surface area contributed by atoms with Gasteiger partial charge in [-0.1, -0.05) is 29.4 Å². The molecule has 0 fully saturated rings. The maximum absolute atomic E-state index is 9.26. The lowest BCUT2D eigenvalue weighted by molar-refractivity contribution is 0.148. The van der Waals surface area contributed by atoms with Gasteiger partial charge in [0.25, 0.3) is 0 Å². The molecule has 25 heavy (non-hydrogen) atoms. The lowest BCUT2D eigenvalue weighted by atomic mass is 10.1. The molecule has 0 bridgehead atoms. The molecule has 2 aromatic heterocycles. The second-order valence-corrected chi connectivity index (χ2v) is 6.32. The van der Waals surface area contributed by atoms with E-state index < -0.39 is 0 Å². The summed E-state index contributed by atoms with van der Waals surface area (Å²) in [5.74, 6) is 1.12. The molecular formula is C19H21N3O3. The minimum atomic E-state index is 0.176. The third kappa shape index (κ3) is 3.36. The van der Waals surface area contributed by atoms with Crippen LogP contribution >= 0.6 is 0 Å². The molecule has 4 rings (SSSR count). The van der Waals surface area contributed by atoms with Gasteiger partial charge in [-0.15, -0.1) is 0 Å². The molecule has 0 saturated heterocycles. The predicted octanol–water partition coefficient (Wildman–Crippen LogP) is 3.20. The third-order valence-corrected chi connectivity index (χ3v) is 4.73. The summed E-state index contributed by atoms with van der Waals surface area (Å²) in [6, 6.07) is 10.7. The number of benzene rings is 1. The van der Waals surface area contributed by atoms with Crippen LogP contribution in [0.4, 0.5) is 0 Å². The minimum Gasteiger partial charge on any atom is -0.472 e. The molecule has 1 aromatic carbocycles. The van der Waals surface area contributed by atoms with Crippen LogP contribution in [-0.4, -0.2) is 33.3 Å². The molecule has 1 aliphatic carbocycles. The van der Waals surface area contributed by atoms with E-state index in [-0.39, 0.29) is 6.61 Å². The maximum atomic E-state index is 9.26. The molecule has 0 radical (unpaired) electrons. The van der Waals surface area contributed by atoms with Crippen molar-refractivity contribution in [2.45, 2.75) is 31.8 Å². The van der Waals surface area contributed by atoms with Crippen molar-refractivity contribution in [2.75, 3.05) is 13.2 Å². The van der Waals surface area contributed by atoms with Crippen LogP contribution in [0.5, 0.6) is 0 Å². The average molecular weight is 339 g/mol. The predicted molar refractivity (Wildman–Crippen MR) is 91.6 cm³/mol. The quantitative estimate of drug-likeness (QED) is 0.712. The van der Waals surface area contributed by atoms with E-state index in [2.05, 4.69) is 39.3 Å². The Morgan fingerprint density at radius 2 is 2.16 bits per heavy atom. The van der Waals surface area contributed by atoms with Crippen molar-refractivity contribution in [1.82, 2.24) is 15.0 Å². The molecule has 6 heteroatoms. The van der Waals surface area contributed by atoms with Crippen LogP contribution in [0.15, 0.2) is 51.8 Å². The van der Waals surface area contributed by atoms with E-state index in [1.54, 1.807) is 12.5 Å². The molecule has 130 valence electrons. The number of aliphatic hydroxyl groups is 1. The number of rotatable bonds is 7. The first-order chi connectivity index (χ1) is 12.3. The molecule has 1 atom stereocenters. The van der Waals surface area contributed by atoms with E-state index in [1.165, 1.54) is 11.1 Å².